The lowest BCUT2D eigenvalue weighted by atomic mass is 10.1. The Kier molecular flexibility index (Phi) is 5.56. The van der Waals surface area contributed by atoms with Crippen molar-refractivity contribution in [3.05, 3.63) is 28.2 Å². The molecule has 1 aromatic rings. The summed E-state index contributed by atoms with van der Waals surface area (Å²) in [6, 6.07) is 4.29. The van der Waals surface area contributed by atoms with Gasteiger partial charge in [0.25, 0.3) is 5.91 Å². The molecule has 1 heterocycles. The Morgan fingerprint density at radius 2 is 1.83 bits per heavy atom. The highest BCUT2D eigenvalue weighted by atomic mass is 35.5. The lowest BCUT2D eigenvalue weighted by Gasteiger charge is -2.15. The van der Waals surface area contributed by atoms with E-state index in [0.29, 0.717) is 15.8 Å². The summed E-state index contributed by atoms with van der Waals surface area (Å²) < 4.78 is 10.3. The number of amides is 3. The number of para-hydroxylation sites is 1. The third kappa shape index (κ3) is 4.10. The fraction of sp³-hybridized carbons (Fsp3) is 0.400. The first-order chi connectivity index (χ1) is 11.2. The Hall–Kier alpha value is -1.99. The van der Waals surface area contributed by atoms with Crippen molar-refractivity contribution in [2.75, 3.05) is 19.8 Å². The third-order valence-electron chi connectivity index (χ3n) is 3.24. The maximum Gasteiger partial charge on any atom is 0.326 e. The molecule has 0 bridgehead atoms. The van der Waals surface area contributed by atoms with Crippen LogP contribution in [0.25, 0.3) is 0 Å². The molecule has 0 saturated carbocycles. The van der Waals surface area contributed by atoms with E-state index in [1.165, 1.54) is 0 Å². The summed E-state index contributed by atoms with van der Waals surface area (Å²) in [4.78, 5) is 36.2. The van der Waals surface area contributed by atoms with Crippen LogP contribution in [0.2, 0.25) is 10.0 Å². The summed E-state index contributed by atoms with van der Waals surface area (Å²) >= 11 is 11.9. The van der Waals surface area contributed by atoms with E-state index in [2.05, 4.69) is 5.32 Å². The van der Waals surface area contributed by atoms with E-state index >= 15 is 0 Å². The van der Waals surface area contributed by atoms with E-state index in [9.17, 15) is 14.4 Å². The zero-order valence-electron chi connectivity index (χ0n) is 13.1. The van der Waals surface area contributed by atoms with Crippen LogP contribution in [0.15, 0.2) is 18.2 Å². The van der Waals surface area contributed by atoms with E-state index in [1.807, 2.05) is 0 Å². The van der Waals surface area contributed by atoms with E-state index in [1.54, 1.807) is 32.0 Å². The summed E-state index contributed by atoms with van der Waals surface area (Å²) in [5, 5.41) is 3.16. The second-order valence-electron chi connectivity index (χ2n) is 5.57. The Bertz CT molecular complexity index is 658. The Balaban J connectivity index is 1.78. The molecule has 0 unspecified atom stereocenters. The van der Waals surface area contributed by atoms with E-state index < -0.39 is 30.0 Å². The Morgan fingerprint density at radius 1 is 1.21 bits per heavy atom. The molecule has 9 heteroatoms. The largest absolute Gasteiger partial charge is 0.487 e. The van der Waals surface area contributed by atoms with Gasteiger partial charge in [-0.25, -0.2) is 4.79 Å². The molecule has 1 fully saturated rings. The van der Waals surface area contributed by atoms with Crippen LogP contribution in [-0.4, -0.2) is 48.1 Å². The summed E-state index contributed by atoms with van der Waals surface area (Å²) in [5.74, 6) is -0.902. The molecule has 0 aromatic heterocycles. The topological polar surface area (TPSA) is 84.9 Å². The van der Waals surface area contributed by atoms with Gasteiger partial charge >= 0.3 is 12.0 Å². The number of halogens is 2. The zero-order chi connectivity index (χ0) is 17.9. The first kappa shape index (κ1) is 18.4. The van der Waals surface area contributed by atoms with Crippen molar-refractivity contribution < 1.29 is 23.9 Å². The Morgan fingerprint density at radius 3 is 2.38 bits per heavy atom. The van der Waals surface area contributed by atoms with Crippen LogP contribution in [0.3, 0.4) is 0 Å². The lowest BCUT2D eigenvalue weighted by Crippen LogP contribution is -2.41. The number of rotatable bonds is 6. The van der Waals surface area contributed by atoms with E-state index in [4.69, 9.17) is 32.7 Å². The molecule has 0 aliphatic carbocycles. The smallest absolute Gasteiger partial charge is 0.326 e. The second-order valence-corrected chi connectivity index (χ2v) is 6.38. The molecule has 0 spiro atoms. The van der Waals surface area contributed by atoms with Crippen LogP contribution in [-0.2, 0) is 14.3 Å². The monoisotopic (exact) mass is 374 g/mol. The van der Waals surface area contributed by atoms with Crippen LogP contribution in [0.5, 0.6) is 5.75 Å². The number of hydrogen-bond acceptors (Lipinski definition) is 5. The molecule has 0 radical (unpaired) electrons. The molecular weight excluding hydrogens is 359 g/mol. The second kappa shape index (κ2) is 7.27. The number of carbonyl (C=O) groups is 3. The quantitative estimate of drug-likeness (QED) is 0.468. The highest BCUT2D eigenvalue weighted by Crippen LogP contribution is 2.32. The van der Waals surface area contributed by atoms with Gasteiger partial charge in [-0.1, -0.05) is 29.3 Å². The minimum atomic E-state index is -1.03. The standard InChI is InChI=1S/C15H16Cl2N2O5/c1-15(2)13(21)19(14(22)18-15)8-11(20)23-6-7-24-12-9(16)4-3-5-10(12)17/h3-5H,6-8H2,1-2H3,(H,18,22). The van der Waals surface area contributed by atoms with Gasteiger partial charge in [-0.05, 0) is 26.0 Å². The molecule has 2 rings (SSSR count). The van der Waals surface area contributed by atoms with E-state index in [-0.39, 0.29) is 13.2 Å². The molecule has 1 aliphatic rings. The fourth-order valence-electron chi connectivity index (χ4n) is 2.06. The lowest BCUT2D eigenvalue weighted by molar-refractivity contribution is -0.148. The number of ether oxygens (including phenoxy) is 2. The number of carbonyl (C=O) groups excluding carboxylic acids is 3. The maximum atomic E-state index is 11.9. The van der Waals surface area contributed by atoms with Crippen molar-refractivity contribution in [2.45, 2.75) is 19.4 Å². The normalized spacial score (nSPS) is 16.1. The Labute approximate surface area is 148 Å². The molecule has 1 aromatic carbocycles. The van der Waals surface area contributed by atoms with Gasteiger partial charge in [0, 0.05) is 0 Å². The zero-order valence-corrected chi connectivity index (χ0v) is 14.6. The molecule has 24 heavy (non-hydrogen) atoms. The average Bonchev–Trinajstić information content (AvgIpc) is 2.68. The molecule has 1 aliphatic heterocycles. The van der Waals surface area contributed by atoms with Crippen LogP contribution < -0.4 is 10.1 Å². The first-order valence-electron chi connectivity index (χ1n) is 7.09. The van der Waals surface area contributed by atoms with Gasteiger partial charge in [0.2, 0.25) is 0 Å². The number of hydrogen-bond donors (Lipinski definition) is 1. The van der Waals surface area contributed by atoms with Crippen molar-refractivity contribution in [3.8, 4) is 5.75 Å². The fourth-order valence-corrected chi connectivity index (χ4v) is 2.56. The summed E-state index contributed by atoms with van der Waals surface area (Å²) in [6.45, 7) is 2.61. The van der Waals surface area contributed by atoms with Crippen LogP contribution in [0.4, 0.5) is 4.79 Å². The minimum absolute atomic E-state index is 0.0286. The van der Waals surface area contributed by atoms with Crippen molar-refractivity contribution in [3.63, 3.8) is 0 Å². The predicted octanol–water partition coefficient (Wildman–Crippen LogP) is 2.25. The van der Waals surface area contributed by atoms with Crippen molar-refractivity contribution >= 4 is 41.1 Å². The highest BCUT2D eigenvalue weighted by Gasteiger charge is 2.45. The molecule has 7 nitrogen and oxygen atoms in total. The first-order valence-corrected chi connectivity index (χ1v) is 7.84. The molecule has 1 saturated heterocycles. The predicted molar refractivity (Wildman–Crippen MR) is 87.2 cm³/mol. The van der Waals surface area contributed by atoms with Crippen molar-refractivity contribution in [1.29, 1.82) is 0 Å². The number of imide groups is 1. The number of nitrogens with one attached hydrogen (secondary N) is 1. The molecular formula is C15H16Cl2N2O5. The summed E-state index contributed by atoms with van der Waals surface area (Å²) in [5.41, 5.74) is -1.03. The number of benzene rings is 1. The molecule has 1 N–H and O–H groups in total. The van der Waals surface area contributed by atoms with Crippen LogP contribution in [0.1, 0.15) is 13.8 Å². The maximum absolute atomic E-state index is 11.9. The van der Waals surface area contributed by atoms with Gasteiger partial charge in [-0.15, -0.1) is 0 Å². The van der Waals surface area contributed by atoms with E-state index in [0.717, 1.165) is 4.90 Å². The van der Waals surface area contributed by atoms with Gasteiger partial charge in [-0.2, -0.15) is 0 Å². The van der Waals surface area contributed by atoms with Crippen LogP contribution >= 0.6 is 23.2 Å². The van der Waals surface area contributed by atoms with Gasteiger partial charge in [-0.3, -0.25) is 14.5 Å². The van der Waals surface area contributed by atoms with Crippen molar-refractivity contribution in [1.82, 2.24) is 10.2 Å². The summed E-state index contributed by atoms with van der Waals surface area (Å²) in [6.07, 6.45) is 0. The third-order valence-corrected chi connectivity index (χ3v) is 3.84. The molecule has 3 amide bonds. The van der Waals surface area contributed by atoms with Gasteiger partial charge in [0.05, 0.1) is 10.0 Å². The molecule has 130 valence electrons. The van der Waals surface area contributed by atoms with Crippen LogP contribution in [0, 0.1) is 0 Å². The highest BCUT2D eigenvalue weighted by molar-refractivity contribution is 6.37. The number of esters is 1. The number of nitrogens with zero attached hydrogens (tertiary/aromatic N) is 1. The van der Waals surface area contributed by atoms with Gasteiger partial charge in [0.1, 0.15) is 25.3 Å². The van der Waals surface area contributed by atoms with Gasteiger partial charge in [0.15, 0.2) is 5.75 Å². The van der Waals surface area contributed by atoms with Gasteiger partial charge < -0.3 is 14.8 Å². The molecule has 0 atom stereocenters. The summed E-state index contributed by atoms with van der Waals surface area (Å²) in [7, 11) is 0. The minimum Gasteiger partial charge on any atom is -0.487 e. The SMILES string of the molecule is CC1(C)NC(=O)N(CC(=O)OCCOc2c(Cl)cccc2Cl)C1=O. The number of urea groups is 1. The average molecular weight is 375 g/mol. The van der Waals surface area contributed by atoms with Crippen molar-refractivity contribution in [2.24, 2.45) is 0 Å².